The second-order valence-corrected chi connectivity index (χ2v) is 9.12. The van der Waals surface area contributed by atoms with Crippen LogP contribution in [-0.2, 0) is 14.8 Å². The second kappa shape index (κ2) is 9.43. The molecule has 0 unspecified atom stereocenters. The van der Waals surface area contributed by atoms with E-state index in [1.165, 1.54) is 16.4 Å². The Morgan fingerprint density at radius 3 is 2.34 bits per heavy atom. The number of hydrogen-bond acceptors (Lipinski definition) is 4. The largest absolute Gasteiger partial charge is 0.490 e. The minimum atomic E-state index is -3.58. The van der Waals surface area contributed by atoms with Crippen molar-refractivity contribution >= 4 is 33.2 Å². The lowest BCUT2D eigenvalue weighted by molar-refractivity contribution is -0.120. The predicted octanol–water partition coefficient (Wildman–Crippen LogP) is 3.94. The number of halogens is 1. The molecule has 1 heterocycles. The van der Waals surface area contributed by atoms with Gasteiger partial charge in [-0.1, -0.05) is 24.3 Å². The van der Waals surface area contributed by atoms with Crippen LogP contribution in [0.1, 0.15) is 12.8 Å². The molecule has 8 heteroatoms. The first kappa shape index (κ1) is 21.4. The average Bonchev–Trinajstić information content (AvgIpc) is 2.73. The van der Waals surface area contributed by atoms with Crippen LogP contribution >= 0.6 is 11.6 Å². The third kappa shape index (κ3) is 5.38. The highest BCUT2D eigenvalue weighted by atomic mass is 35.5. The van der Waals surface area contributed by atoms with E-state index in [0.717, 1.165) is 0 Å². The first-order chi connectivity index (χ1) is 13.9. The van der Waals surface area contributed by atoms with E-state index in [4.69, 9.17) is 16.3 Å². The summed E-state index contributed by atoms with van der Waals surface area (Å²) in [4.78, 5) is 12.8. The van der Waals surface area contributed by atoms with E-state index in [2.05, 4.69) is 11.9 Å². The summed E-state index contributed by atoms with van der Waals surface area (Å²) in [7, 11) is -3.58. The zero-order chi connectivity index (χ0) is 20.9. The fraction of sp³-hybridized carbons (Fsp3) is 0.286. The molecule has 3 rings (SSSR count). The molecule has 0 saturated carbocycles. The number of nitrogens with one attached hydrogen (secondary N) is 1. The van der Waals surface area contributed by atoms with Crippen LogP contribution in [0.3, 0.4) is 0 Å². The third-order valence-corrected chi connectivity index (χ3v) is 6.93. The van der Waals surface area contributed by atoms with Crippen LogP contribution in [0.2, 0.25) is 5.02 Å². The van der Waals surface area contributed by atoms with E-state index < -0.39 is 10.0 Å². The Hall–Kier alpha value is -2.35. The van der Waals surface area contributed by atoms with Gasteiger partial charge in [0.1, 0.15) is 12.4 Å². The fourth-order valence-electron chi connectivity index (χ4n) is 3.15. The van der Waals surface area contributed by atoms with E-state index in [9.17, 15) is 13.2 Å². The molecular weight excluding hydrogens is 412 g/mol. The van der Waals surface area contributed by atoms with Gasteiger partial charge < -0.3 is 10.1 Å². The monoisotopic (exact) mass is 434 g/mol. The summed E-state index contributed by atoms with van der Waals surface area (Å²) < 4.78 is 32.3. The summed E-state index contributed by atoms with van der Waals surface area (Å²) in [5.41, 5.74) is 0.678. The van der Waals surface area contributed by atoms with Gasteiger partial charge in [0, 0.05) is 29.7 Å². The molecular formula is C21H23ClN2O4S. The topological polar surface area (TPSA) is 75.7 Å². The summed E-state index contributed by atoms with van der Waals surface area (Å²) in [5.74, 6) is 0.361. The number of carbonyl (C=O) groups excluding carboxylic acids is 1. The SMILES string of the molecule is C=CCOc1ccc(NC(=O)C2CCN(S(=O)(=O)c3ccc(Cl)cc3)CC2)cc1. The van der Waals surface area contributed by atoms with Crippen LogP contribution in [0.5, 0.6) is 5.75 Å². The summed E-state index contributed by atoms with van der Waals surface area (Å²) >= 11 is 5.84. The van der Waals surface area contributed by atoms with E-state index >= 15 is 0 Å². The standard InChI is InChI=1S/C21H23ClN2O4S/c1-2-15-28-19-7-5-18(6-8-19)23-21(25)16-11-13-24(14-12-16)29(26,27)20-9-3-17(22)4-10-20/h2-10,16H,1,11-15H2,(H,23,25). The van der Waals surface area contributed by atoms with Crippen LogP contribution in [0.25, 0.3) is 0 Å². The first-order valence-corrected chi connectivity index (χ1v) is 11.1. The van der Waals surface area contributed by atoms with Gasteiger partial charge in [-0.3, -0.25) is 4.79 Å². The number of hydrogen-bond donors (Lipinski definition) is 1. The Morgan fingerprint density at radius 1 is 1.14 bits per heavy atom. The van der Waals surface area contributed by atoms with E-state index in [0.29, 0.717) is 49.0 Å². The third-order valence-electron chi connectivity index (χ3n) is 4.77. The summed E-state index contributed by atoms with van der Waals surface area (Å²) in [6.45, 7) is 4.62. The summed E-state index contributed by atoms with van der Waals surface area (Å²) in [6.07, 6.45) is 2.60. The van der Waals surface area contributed by atoms with Crippen LogP contribution < -0.4 is 10.1 Å². The quantitative estimate of drug-likeness (QED) is 0.669. The smallest absolute Gasteiger partial charge is 0.243 e. The van der Waals surface area contributed by atoms with E-state index in [1.54, 1.807) is 42.5 Å². The Balaban J connectivity index is 1.55. The second-order valence-electron chi connectivity index (χ2n) is 6.75. The molecule has 0 aromatic heterocycles. The highest BCUT2D eigenvalue weighted by Crippen LogP contribution is 2.26. The molecule has 1 aliphatic heterocycles. The van der Waals surface area contributed by atoms with Gasteiger partial charge in [0.05, 0.1) is 4.90 Å². The zero-order valence-corrected chi connectivity index (χ0v) is 17.5. The maximum Gasteiger partial charge on any atom is 0.243 e. The minimum Gasteiger partial charge on any atom is -0.490 e. The van der Waals surface area contributed by atoms with E-state index in [-0.39, 0.29) is 16.7 Å². The molecule has 0 spiro atoms. The predicted molar refractivity (Wildman–Crippen MR) is 114 cm³/mol. The lowest BCUT2D eigenvalue weighted by Gasteiger charge is -2.30. The normalized spacial score (nSPS) is 15.6. The molecule has 1 aliphatic rings. The van der Waals surface area contributed by atoms with Crippen LogP contribution in [0.15, 0.2) is 66.1 Å². The number of piperidine rings is 1. The van der Waals surface area contributed by atoms with Crippen molar-refractivity contribution < 1.29 is 17.9 Å². The molecule has 1 N–H and O–H groups in total. The number of carbonyl (C=O) groups is 1. The van der Waals surface area contributed by atoms with Gasteiger partial charge in [-0.15, -0.1) is 0 Å². The van der Waals surface area contributed by atoms with Crippen molar-refractivity contribution in [2.24, 2.45) is 5.92 Å². The molecule has 0 bridgehead atoms. The van der Waals surface area contributed by atoms with Gasteiger partial charge in [-0.25, -0.2) is 8.42 Å². The molecule has 1 amide bonds. The Bertz CT molecular complexity index is 951. The maximum absolute atomic E-state index is 12.7. The first-order valence-electron chi connectivity index (χ1n) is 9.30. The highest BCUT2D eigenvalue weighted by molar-refractivity contribution is 7.89. The molecule has 29 heavy (non-hydrogen) atoms. The molecule has 2 aromatic rings. The van der Waals surface area contributed by atoms with Crippen molar-refractivity contribution in [3.8, 4) is 5.75 Å². The summed E-state index contributed by atoms with van der Waals surface area (Å²) in [5, 5.41) is 3.37. The van der Waals surface area contributed by atoms with Gasteiger partial charge in [0.15, 0.2) is 0 Å². The number of benzene rings is 2. The number of ether oxygens (including phenoxy) is 1. The molecule has 0 aliphatic carbocycles. The number of anilines is 1. The molecule has 2 aromatic carbocycles. The van der Waals surface area contributed by atoms with Crippen LogP contribution in [0, 0.1) is 5.92 Å². The van der Waals surface area contributed by atoms with Gasteiger partial charge in [-0.2, -0.15) is 4.31 Å². The molecule has 154 valence electrons. The number of nitrogens with zero attached hydrogens (tertiary/aromatic N) is 1. The maximum atomic E-state index is 12.7. The molecule has 1 saturated heterocycles. The minimum absolute atomic E-state index is 0.103. The van der Waals surface area contributed by atoms with Crippen molar-refractivity contribution in [1.29, 1.82) is 0 Å². The Morgan fingerprint density at radius 2 is 1.76 bits per heavy atom. The van der Waals surface area contributed by atoms with Crippen molar-refractivity contribution in [1.82, 2.24) is 4.31 Å². The van der Waals surface area contributed by atoms with Crippen molar-refractivity contribution in [3.63, 3.8) is 0 Å². The van der Waals surface area contributed by atoms with Gasteiger partial charge in [0.2, 0.25) is 15.9 Å². The highest BCUT2D eigenvalue weighted by Gasteiger charge is 2.32. The fourth-order valence-corrected chi connectivity index (χ4v) is 4.74. The number of rotatable bonds is 7. The molecule has 0 radical (unpaired) electrons. The molecule has 6 nitrogen and oxygen atoms in total. The number of amides is 1. The van der Waals surface area contributed by atoms with Crippen molar-refractivity contribution in [3.05, 3.63) is 66.2 Å². The van der Waals surface area contributed by atoms with Gasteiger partial charge in [-0.05, 0) is 61.4 Å². The lowest BCUT2D eigenvalue weighted by atomic mass is 9.97. The molecule has 0 atom stereocenters. The average molecular weight is 435 g/mol. The summed E-state index contributed by atoms with van der Waals surface area (Å²) in [6, 6.07) is 13.2. The van der Waals surface area contributed by atoms with Crippen molar-refractivity contribution in [2.75, 3.05) is 25.0 Å². The van der Waals surface area contributed by atoms with Gasteiger partial charge in [0.25, 0.3) is 0 Å². The lowest BCUT2D eigenvalue weighted by Crippen LogP contribution is -2.41. The molecule has 1 fully saturated rings. The van der Waals surface area contributed by atoms with Crippen molar-refractivity contribution in [2.45, 2.75) is 17.7 Å². The zero-order valence-electron chi connectivity index (χ0n) is 15.9. The number of sulfonamides is 1. The Labute approximate surface area is 176 Å². The van der Waals surface area contributed by atoms with Crippen LogP contribution in [0.4, 0.5) is 5.69 Å². The Kier molecular flexibility index (Phi) is 6.95. The van der Waals surface area contributed by atoms with Crippen LogP contribution in [-0.4, -0.2) is 38.3 Å². The van der Waals surface area contributed by atoms with E-state index in [1.807, 2.05) is 0 Å². The van der Waals surface area contributed by atoms with Gasteiger partial charge >= 0.3 is 0 Å².